The average molecular weight is 286 g/mol. The van der Waals surface area contributed by atoms with Crippen LogP contribution in [-0.4, -0.2) is 14.9 Å². The van der Waals surface area contributed by atoms with E-state index in [0.717, 1.165) is 29.9 Å². The molecule has 0 aliphatic carbocycles. The maximum Gasteiger partial charge on any atom is 0.0996 e. The number of aliphatic hydroxyl groups is 1. The molecule has 1 N–H and O–H groups in total. The molecule has 0 saturated carbocycles. The largest absolute Gasteiger partial charge is 0.386 e. The highest BCUT2D eigenvalue weighted by atomic mass is 16.3. The Kier molecular flexibility index (Phi) is 5.18. The third kappa shape index (κ3) is 3.73. The Hall–Kier alpha value is -1.61. The van der Waals surface area contributed by atoms with E-state index in [2.05, 4.69) is 57.1 Å². The molecule has 1 atom stereocenters. The fraction of sp³-hybridized carbons (Fsp3) is 0.500. The molecule has 0 bridgehead atoms. The van der Waals surface area contributed by atoms with Gasteiger partial charge in [-0.15, -0.1) is 0 Å². The molecule has 1 aromatic heterocycles. The van der Waals surface area contributed by atoms with Gasteiger partial charge in [-0.3, -0.25) is 4.68 Å². The van der Waals surface area contributed by atoms with Crippen molar-refractivity contribution in [3.63, 3.8) is 0 Å². The molecule has 3 heteroatoms. The van der Waals surface area contributed by atoms with Crippen LogP contribution in [0.25, 0.3) is 0 Å². The highest BCUT2D eigenvalue weighted by Gasteiger charge is 2.15. The summed E-state index contributed by atoms with van der Waals surface area (Å²) in [5, 5.41) is 15.0. The summed E-state index contributed by atoms with van der Waals surface area (Å²) in [6, 6.07) is 10.6. The quantitative estimate of drug-likeness (QED) is 0.875. The summed E-state index contributed by atoms with van der Waals surface area (Å²) in [7, 11) is 0. The van der Waals surface area contributed by atoms with Gasteiger partial charge in [-0.1, -0.05) is 45.0 Å². The minimum absolute atomic E-state index is 0.498. The van der Waals surface area contributed by atoms with Gasteiger partial charge in [-0.05, 0) is 36.5 Å². The van der Waals surface area contributed by atoms with Crippen molar-refractivity contribution >= 4 is 0 Å². The predicted molar refractivity (Wildman–Crippen MR) is 86.5 cm³/mol. The van der Waals surface area contributed by atoms with Crippen molar-refractivity contribution in [2.24, 2.45) is 0 Å². The van der Waals surface area contributed by atoms with Crippen LogP contribution in [0, 0.1) is 0 Å². The summed E-state index contributed by atoms with van der Waals surface area (Å²) in [6.45, 7) is 9.31. The van der Waals surface area contributed by atoms with Crippen LogP contribution >= 0.6 is 0 Å². The van der Waals surface area contributed by atoms with Crippen LogP contribution < -0.4 is 0 Å². The Labute approximate surface area is 127 Å². The fourth-order valence-corrected chi connectivity index (χ4v) is 2.55. The van der Waals surface area contributed by atoms with Crippen LogP contribution in [-0.2, 0) is 19.4 Å². The summed E-state index contributed by atoms with van der Waals surface area (Å²) in [4.78, 5) is 0. The molecule has 0 amide bonds. The molecule has 2 aromatic rings. The Balaban J connectivity index is 2.13. The molecule has 1 aromatic carbocycles. The van der Waals surface area contributed by atoms with Crippen molar-refractivity contribution in [1.82, 2.24) is 9.78 Å². The third-order valence-electron chi connectivity index (χ3n) is 3.94. The number of aromatic nitrogens is 2. The molecule has 2 rings (SSSR count). The molecule has 1 unspecified atom stereocenters. The normalized spacial score (nSPS) is 12.9. The minimum atomic E-state index is -0.498. The van der Waals surface area contributed by atoms with Crippen LogP contribution in [0.4, 0.5) is 0 Å². The van der Waals surface area contributed by atoms with Crippen LogP contribution in [0.3, 0.4) is 0 Å². The highest BCUT2D eigenvalue weighted by molar-refractivity contribution is 5.26. The molecule has 0 radical (unpaired) electrons. The van der Waals surface area contributed by atoms with Crippen molar-refractivity contribution < 1.29 is 5.11 Å². The van der Waals surface area contributed by atoms with Crippen LogP contribution in [0.1, 0.15) is 62.2 Å². The molecule has 1 heterocycles. The number of benzene rings is 1. The number of aryl methyl sites for hydroxylation is 2. The zero-order chi connectivity index (χ0) is 15.4. The number of rotatable bonds is 6. The maximum absolute atomic E-state index is 10.5. The molecule has 0 aliphatic heterocycles. The topological polar surface area (TPSA) is 38.0 Å². The van der Waals surface area contributed by atoms with Gasteiger partial charge in [-0.2, -0.15) is 5.10 Å². The van der Waals surface area contributed by atoms with Crippen LogP contribution in [0.5, 0.6) is 0 Å². The smallest absolute Gasteiger partial charge is 0.0996 e. The van der Waals surface area contributed by atoms with E-state index in [1.807, 2.05) is 10.7 Å². The second-order valence-corrected chi connectivity index (χ2v) is 5.85. The Morgan fingerprint density at radius 1 is 1.14 bits per heavy atom. The average Bonchev–Trinajstić information content (AvgIpc) is 2.91. The molecule has 21 heavy (non-hydrogen) atoms. The molecule has 0 aliphatic rings. The predicted octanol–water partition coefficient (Wildman–Crippen LogP) is 3.86. The summed E-state index contributed by atoms with van der Waals surface area (Å²) in [5.41, 5.74) is 4.46. The lowest BCUT2D eigenvalue weighted by Gasteiger charge is -2.13. The van der Waals surface area contributed by atoms with Crippen molar-refractivity contribution in [3.8, 4) is 0 Å². The van der Waals surface area contributed by atoms with E-state index in [-0.39, 0.29) is 0 Å². The van der Waals surface area contributed by atoms with Gasteiger partial charge in [-0.25, -0.2) is 0 Å². The second kappa shape index (κ2) is 6.90. The number of hydrogen-bond donors (Lipinski definition) is 1. The van der Waals surface area contributed by atoms with E-state index in [1.165, 1.54) is 5.56 Å². The van der Waals surface area contributed by atoms with Crippen molar-refractivity contribution in [2.45, 2.75) is 59.1 Å². The van der Waals surface area contributed by atoms with Gasteiger partial charge < -0.3 is 5.11 Å². The molecule has 0 spiro atoms. The highest BCUT2D eigenvalue weighted by Crippen LogP contribution is 2.21. The van der Waals surface area contributed by atoms with Crippen molar-refractivity contribution in [3.05, 3.63) is 52.8 Å². The Bertz CT molecular complexity index is 569. The first-order valence-electron chi connectivity index (χ1n) is 7.88. The van der Waals surface area contributed by atoms with E-state index in [1.54, 1.807) is 0 Å². The molecule has 0 saturated heterocycles. The molecular weight excluding hydrogens is 260 g/mol. The first kappa shape index (κ1) is 15.8. The Morgan fingerprint density at radius 2 is 1.81 bits per heavy atom. The molecule has 0 fully saturated rings. The van der Waals surface area contributed by atoms with Crippen LogP contribution in [0.2, 0.25) is 0 Å². The molecule has 114 valence electrons. The van der Waals surface area contributed by atoms with E-state index in [4.69, 9.17) is 0 Å². The van der Waals surface area contributed by atoms with E-state index < -0.39 is 6.10 Å². The van der Waals surface area contributed by atoms with Gasteiger partial charge in [0.05, 0.1) is 17.5 Å². The first-order chi connectivity index (χ1) is 10.0. The van der Waals surface area contributed by atoms with Gasteiger partial charge >= 0.3 is 0 Å². The van der Waals surface area contributed by atoms with Gasteiger partial charge in [0, 0.05) is 13.0 Å². The van der Waals surface area contributed by atoms with Crippen LogP contribution in [0.15, 0.2) is 30.3 Å². The van der Waals surface area contributed by atoms with Crippen molar-refractivity contribution in [1.29, 1.82) is 0 Å². The number of aliphatic hydroxyl groups excluding tert-OH is 1. The van der Waals surface area contributed by atoms with Gasteiger partial charge in [0.2, 0.25) is 0 Å². The lowest BCUT2D eigenvalue weighted by molar-refractivity contribution is 0.167. The van der Waals surface area contributed by atoms with Gasteiger partial charge in [0.25, 0.3) is 0 Å². The third-order valence-corrected chi connectivity index (χ3v) is 3.94. The Morgan fingerprint density at radius 3 is 2.33 bits per heavy atom. The number of hydrogen-bond acceptors (Lipinski definition) is 2. The zero-order valence-corrected chi connectivity index (χ0v) is 13.5. The fourth-order valence-electron chi connectivity index (χ4n) is 2.55. The van der Waals surface area contributed by atoms with Gasteiger partial charge in [0.1, 0.15) is 0 Å². The second-order valence-electron chi connectivity index (χ2n) is 5.85. The van der Waals surface area contributed by atoms with E-state index in [9.17, 15) is 5.11 Å². The summed E-state index contributed by atoms with van der Waals surface area (Å²) >= 11 is 0. The molecular formula is C18H26N2O. The SMILES string of the molecule is CCc1cc(C(O)Cc2ccc(C(C)C)cc2)n(CC)n1. The standard InChI is InChI=1S/C18H26N2O/c1-5-16-12-17(20(6-2)19-16)18(21)11-14-7-9-15(10-8-14)13(3)4/h7-10,12-13,18,21H,5-6,11H2,1-4H3. The van der Waals surface area contributed by atoms with E-state index >= 15 is 0 Å². The van der Waals surface area contributed by atoms with E-state index in [0.29, 0.717) is 12.3 Å². The van der Waals surface area contributed by atoms with Crippen molar-refractivity contribution in [2.75, 3.05) is 0 Å². The number of nitrogens with zero attached hydrogens (tertiary/aromatic N) is 2. The zero-order valence-electron chi connectivity index (χ0n) is 13.5. The first-order valence-corrected chi connectivity index (χ1v) is 7.88. The monoisotopic (exact) mass is 286 g/mol. The maximum atomic E-state index is 10.5. The summed E-state index contributed by atoms with van der Waals surface area (Å²) in [5.74, 6) is 0.539. The lowest BCUT2D eigenvalue weighted by atomic mass is 9.99. The summed E-state index contributed by atoms with van der Waals surface area (Å²) < 4.78 is 1.91. The lowest BCUT2D eigenvalue weighted by Crippen LogP contribution is -2.10. The minimum Gasteiger partial charge on any atom is -0.386 e. The van der Waals surface area contributed by atoms with Gasteiger partial charge in [0.15, 0.2) is 0 Å². The molecule has 3 nitrogen and oxygen atoms in total. The summed E-state index contributed by atoms with van der Waals surface area (Å²) in [6.07, 6.45) is 1.03.